The van der Waals surface area contributed by atoms with E-state index in [1.165, 1.54) is 18.9 Å². The Bertz CT molecular complexity index is 1070. The first-order valence-electron chi connectivity index (χ1n) is 11.7. The Balaban J connectivity index is 1.68. The summed E-state index contributed by atoms with van der Waals surface area (Å²) in [4.78, 5) is 45.2. The number of aromatic nitrogens is 2. The number of carbonyl (C=O) groups is 2. The summed E-state index contributed by atoms with van der Waals surface area (Å²) in [6.07, 6.45) is 6.16. The van der Waals surface area contributed by atoms with Crippen LogP contribution in [0.15, 0.2) is 28.2 Å². The summed E-state index contributed by atoms with van der Waals surface area (Å²) in [5.41, 5.74) is 0.561. The van der Waals surface area contributed by atoms with Crippen molar-refractivity contribution in [2.45, 2.75) is 68.5 Å². The summed E-state index contributed by atoms with van der Waals surface area (Å²) in [6, 6.07) is 4.76. The molecule has 33 heavy (non-hydrogen) atoms. The molecule has 0 saturated carbocycles. The number of ether oxygens (including phenoxy) is 2. The number of nitrogens with zero attached hydrogens (tertiary/aromatic N) is 3. The second kappa shape index (κ2) is 10.7. The molecule has 3 heterocycles. The molecule has 2 aliphatic heterocycles. The van der Waals surface area contributed by atoms with Crippen molar-refractivity contribution >= 4 is 34.5 Å². The summed E-state index contributed by atoms with van der Waals surface area (Å²) in [5.74, 6) is -0.413. The van der Waals surface area contributed by atoms with Crippen molar-refractivity contribution in [2.75, 3.05) is 26.8 Å². The topological polar surface area (TPSA) is 90.7 Å². The van der Waals surface area contributed by atoms with Crippen LogP contribution in [0.5, 0.6) is 0 Å². The molecule has 0 radical (unpaired) electrons. The summed E-state index contributed by atoms with van der Waals surface area (Å²) >= 11 is 1.30. The lowest BCUT2D eigenvalue weighted by Gasteiger charge is -2.24. The van der Waals surface area contributed by atoms with E-state index in [1.807, 2.05) is 11.8 Å². The van der Waals surface area contributed by atoms with E-state index < -0.39 is 5.97 Å². The number of rotatable bonds is 6. The van der Waals surface area contributed by atoms with Crippen molar-refractivity contribution in [3.05, 3.63) is 34.1 Å². The van der Waals surface area contributed by atoms with Gasteiger partial charge in [-0.1, -0.05) is 24.6 Å². The zero-order chi connectivity index (χ0) is 23.4. The highest BCUT2D eigenvalue weighted by atomic mass is 32.2. The minimum atomic E-state index is -0.485. The number of amides is 1. The molecule has 0 bridgehead atoms. The van der Waals surface area contributed by atoms with Gasteiger partial charge in [-0.05, 0) is 50.8 Å². The van der Waals surface area contributed by atoms with E-state index in [2.05, 4.69) is 0 Å². The van der Waals surface area contributed by atoms with E-state index in [0.29, 0.717) is 34.8 Å². The van der Waals surface area contributed by atoms with Crippen LogP contribution in [0.2, 0.25) is 0 Å². The molecule has 2 atom stereocenters. The number of carbonyl (C=O) groups excluding carboxylic acids is 2. The van der Waals surface area contributed by atoms with E-state index >= 15 is 0 Å². The van der Waals surface area contributed by atoms with Gasteiger partial charge < -0.3 is 14.4 Å². The van der Waals surface area contributed by atoms with E-state index in [9.17, 15) is 14.4 Å². The summed E-state index contributed by atoms with van der Waals surface area (Å²) in [6.45, 7) is 4.51. The Hall–Kier alpha value is -2.39. The predicted molar refractivity (Wildman–Crippen MR) is 127 cm³/mol. The van der Waals surface area contributed by atoms with E-state index in [0.717, 1.165) is 51.6 Å². The average Bonchev–Trinajstić information content (AvgIpc) is 3.19. The molecule has 0 N–H and O–H groups in total. The number of hydrogen-bond acceptors (Lipinski definition) is 7. The standard InChI is InChI=1S/C24H31N3O5S/c1-16(21(28)26-11-5-3-4-6-12-26)33-24-25-20-14-17(23(30)31-2)9-10-19(20)22(29)27(24)15-18-8-7-13-32-18/h9-10,14,16,18H,3-8,11-13,15H2,1-2H3/t16-,18-/m1/s1. The number of thioether (sulfide) groups is 1. The summed E-state index contributed by atoms with van der Waals surface area (Å²) in [5, 5.41) is 0.518. The molecule has 178 valence electrons. The van der Waals surface area contributed by atoms with E-state index in [1.54, 1.807) is 22.8 Å². The lowest BCUT2D eigenvalue weighted by Crippen LogP contribution is -2.38. The van der Waals surface area contributed by atoms with Gasteiger partial charge in [-0.2, -0.15) is 0 Å². The quantitative estimate of drug-likeness (QED) is 0.361. The van der Waals surface area contributed by atoms with Crippen molar-refractivity contribution in [1.29, 1.82) is 0 Å². The van der Waals surface area contributed by atoms with Crippen molar-refractivity contribution in [1.82, 2.24) is 14.5 Å². The van der Waals surface area contributed by atoms with Crippen LogP contribution in [0.3, 0.4) is 0 Å². The molecule has 1 amide bonds. The maximum atomic E-state index is 13.4. The number of methoxy groups -OCH3 is 1. The lowest BCUT2D eigenvalue weighted by atomic mass is 10.1. The zero-order valence-corrected chi connectivity index (χ0v) is 20.1. The van der Waals surface area contributed by atoms with Gasteiger partial charge in [0, 0.05) is 19.7 Å². The Morgan fingerprint density at radius 2 is 1.97 bits per heavy atom. The first-order chi connectivity index (χ1) is 16.0. The third-order valence-corrected chi connectivity index (χ3v) is 7.38. The molecule has 0 spiro atoms. The van der Waals surface area contributed by atoms with Gasteiger partial charge in [0.1, 0.15) is 0 Å². The Morgan fingerprint density at radius 1 is 1.21 bits per heavy atom. The molecule has 2 fully saturated rings. The molecule has 2 saturated heterocycles. The lowest BCUT2D eigenvalue weighted by molar-refractivity contribution is -0.130. The number of hydrogen-bond donors (Lipinski definition) is 0. The Morgan fingerprint density at radius 3 is 2.64 bits per heavy atom. The second-order valence-electron chi connectivity index (χ2n) is 8.67. The zero-order valence-electron chi connectivity index (χ0n) is 19.2. The molecule has 1 aromatic carbocycles. The third-order valence-electron chi connectivity index (χ3n) is 6.30. The minimum absolute atomic E-state index is 0.0488. The number of esters is 1. The molecule has 1 aromatic heterocycles. The maximum absolute atomic E-state index is 13.4. The Labute approximate surface area is 197 Å². The van der Waals surface area contributed by atoms with Gasteiger partial charge >= 0.3 is 5.97 Å². The van der Waals surface area contributed by atoms with Gasteiger partial charge in [0.25, 0.3) is 5.56 Å². The summed E-state index contributed by atoms with van der Waals surface area (Å²) < 4.78 is 12.2. The third kappa shape index (κ3) is 5.41. The van der Waals surface area contributed by atoms with Crippen LogP contribution in [0.25, 0.3) is 10.9 Å². The van der Waals surface area contributed by atoms with E-state index in [-0.39, 0.29) is 22.8 Å². The number of likely N-dealkylation sites (tertiary alicyclic amines) is 1. The average molecular weight is 474 g/mol. The van der Waals surface area contributed by atoms with Crippen molar-refractivity contribution in [2.24, 2.45) is 0 Å². The van der Waals surface area contributed by atoms with Crippen LogP contribution in [0, 0.1) is 0 Å². The van der Waals surface area contributed by atoms with Crippen LogP contribution in [0.1, 0.15) is 55.8 Å². The van der Waals surface area contributed by atoms with Crippen LogP contribution in [-0.4, -0.2) is 64.5 Å². The fraction of sp³-hybridized carbons (Fsp3) is 0.583. The highest BCUT2D eigenvalue weighted by molar-refractivity contribution is 8.00. The molecule has 0 unspecified atom stereocenters. The van der Waals surface area contributed by atoms with E-state index in [4.69, 9.17) is 14.5 Å². The largest absolute Gasteiger partial charge is 0.465 e. The van der Waals surface area contributed by atoms with Gasteiger partial charge in [-0.3, -0.25) is 14.2 Å². The van der Waals surface area contributed by atoms with Gasteiger partial charge in [0.2, 0.25) is 5.91 Å². The fourth-order valence-electron chi connectivity index (χ4n) is 4.45. The van der Waals surface area contributed by atoms with Crippen LogP contribution < -0.4 is 5.56 Å². The van der Waals surface area contributed by atoms with Gasteiger partial charge in [0.05, 0.1) is 41.5 Å². The minimum Gasteiger partial charge on any atom is -0.465 e. The van der Waals surface area contributed by atoms with Crippen LogP contribution in [-0.2, 0) is 20.8 Å². The highest BCUT2D eigenvalue weighted by Gasteiger charge is 2.26. The maximum Gasteiger partial charge on any atom is 0.337 e. The van der Waals surface area contributed by atoms with Crippen molar-refractivity contribution < 1.29 is 19.1 Å². The molecule has 2 aliphatic rings. The molecular weight excluding hydrogens is 442 g/mol. The van der Waals surface area contributed by atoms with Crippen molar-refractivity contribution in [3.63, 3.8) is 0 Å². The fourth-order valence-corrected chi connectivity index (χ4v) is 5.45. The normalized spacial score (nSPS) is 19.9. The number of benzene rings is 1. The summed E-state index contributed by atoms with van der Waals surface area (Å²) in [7, 11) is 1.32. The first-order valence-corrected chi connectivity index (χ1v) is 12.6. The molecule has 2 aromatic rings. The Kier molecular flexibility index (Phi) is 7.70. The van der Waals surface area contributed by atoms with Gasteiger partial charge in [-0.15, -0.1) is 0 Å². The molecule has 0 aliphatic carbocycles. The SMILES string of the molecule is COC(=O)c1ccc2c(=O)n(C[C@H]3CCCO3)c(S[C@H](C)C(=O)N3CCCCCC3)nc2c1. The van der Waals surface area contributed by atoms with Gasteiger partial charge in [0.15, 0.2) is 5.16 Å². The monoisotopic (exact) mass is 473 g/mol. The van der Waals surface area contributed by atoms with Crippen LogP contribution >= 0.6 is 11.8 Å². The molecule has 8 nitrogen and oxygen atoms in total. The number of fused-ring (bicyclic) bond motifs is 1. The second-order valence-corrected chi connectivity index (χ2v) is 9.98. The highest BCUT2D eigenvalue weighted by Crippen LogP contribution is 2.26. The molecule has 9 heteroatoms. The molecular formula is C24H31N3O5S. The molecule has 4 rings (SSSR count). The smallest absolute Gasteiger partial charge is 0.337 e. The first kappa shape index (κ1) is 23.8. The van der Waals surface area contributed by atoms with Gasteiger partial charge in [-0.25, -0.2) is 9.78 Å². The van der Waals surface area contributed by atoms with Crippen molar-refractivity contribution in [3.8, 4) is 0 Å². The van der Waals surface area contributed by atoms with Crippen LogP contribution in [0.4, 0.5) is 0 Å². The predicted octanol–water partition coefficient (Wildman–Crippen LogP) is 3.25.